The normalized spacial score (nSPS) is 17.0. The number of halogens is 5. The van der Waals surface area contributed by atoms with Crippen LogP contribution in [0.1, 0.15) is 24.6 Å². The smallest absolute Gasteiger partial charge is 0.349 e. The molecule has 11 nitrogen and oxygen atoms in total. The van der Waals surface area contributed by atoms with Crippen molar-refractivity contribution in [1.82, 2.24) is 24.4 Å². The first-order valence-electron chi connectivity index (χ1n) is 14.2. The Morgan fingerprint density at radius 2 is 1.88 bits per heavy atom. The molecule has 2 atom stereocenters. The molecule has 1 aromatic carbocycles. The Bertz CT molecular complexity index is 2200. The van der Waals surface area contributed by atoms with Crippen LogP contribution in [0.2, 0.25) is 0 Å². The predicted molar refractivity (Wildman–Crippen MR) is 164 cm³/mol. The minimum absolute atomic E-state index is 0.0154. The maximum absolute atomic E-state index is 16.0. The number of piperazine rings is 1. The Labute approximate surface area is 270 Å². The molecule has 0 aliphatic carbocycles. The van der Waals surface area contributed by atoms with Gasteiger partial charge in [-0.15, -0.1) is 0 Å². The third-order valence-corrected chi connectivity index (χ3v) is 9.08. The Morgan fingerprint density at radius 3 is 2.50 bits per heavy atom. The number of aryl methyl sites for hydroxylation is 1. The van der Waals surface area contributed by atoms with Gasteiger partial charge in [-0.05, 0) is 44.2 Å². The molecule has 250 valence electrons. The monoisotopic (exact) mass is 687 g/mol. The van der Waals surface area contributed by atoms with E-state index in [0.717, 1.165) is 30.5 Å². The van der Waals surface area contributed by atoms with Crippen LogP contribution in [0, 0.1) is 29.9 Å². The van der Waals surface area contributed by atoms with Crippen LogP contribution in [0.3, 0.4) is 0 Å². The molecule has 1 amide bonds. The summed E-state index contributed by atoms with van der Waals surface area (Å²) in [5.74, 6) is -3.53. The van der Waals surface area contributed by atoms with E-state index in [0.29, 0.717) is 16.7 Å². The minimum atomic E-state index is -5.14. The molecule has 3 aromatic heterocycles. The summed E-state index contributed by atoms with van der Waals surface area (Å²) in [6, 6.07) is 4.50. The largest absolute Gasteiger partial charge is 0.417 e. The third-order valence-electron chi connectivity index (χ3n) is 7.95. The maximum Gasteiger partial charge on any atom is 0.417 e. The van der Waals surface area contributed by atoms with Gasteiger partial charge >= 0.3 is 11.9 Å². The van der Waals surface area contributed by atoms with Gasteiger partial charge in [0.25, 0.3) is 0 Å². The molecule has 4 heterocycles. The van der Waals surface area contributed by atoms with E-state index < -0.39 is 78.7 Å². The molecular formula is C31H26F5N7O4S. The Kier molecular flexibility index (Phi) is 8.82. The van der Waals surface area contributed by atoms with E-state index in [-0.39, 0.29) is 42.1 Å². The minimum Gasteiger partial charge on any atom is -0.349 e. The van der Waals surface area contributed by atoms with Crippen LogP contribution >= 0.6 is 0 Å². The van der Waals surface area contributed by atoms with E-state index in [9.17, 15) is 36.4 Å². The van der Waals surface area contributed by atoms with Gasteiger partial charge in [-0.25, -0.2) is 31.5 Å². The Morgan fingerprint density at radius 1 is 1.17 bits per heavy atom. The van der Waals surface area contributed by atoms with Crippen LogP contribution in [0.25, 0.3) is 28.0 Å². The van der Waals surface area contributed by atoms with Gasteiger partial charge in [0.1, 0.15) is 17.3 Å². The highest BCUT2D eigenvalue weighted by Gasteiger charge is 2.38. The first-order valence-corrected chi connectivity index (χ1v) is 16.1. The van der Waals surface area contributed by atoms with Crippen LogP contribution in [-0.2, 0) is 20.8 Å². The van der Waals surface area contributed by atoms with E-state index in [2.05, 4.69) is 21.5 Å². The number of carbonyl (C=O) groups is 1. The molecule has 17 heteroatoms. The molecule has 1 aliphatic rings. The van der Waals surface area contributed by atoms with Gasteiger partial charge < -0.3 is 9.80 Å². The number of carbonyl (C=O) groups excluding carboxylic acids is 1. The van der Waals surface area contributed by atoms with Crippen LogP contribution in [-0.4, -0.2) is 70.2 Å². The summed E-state index contributed by atoms with van der Waals surface area (Å²) in [5, 5.41) is 9.21. The lowest BCUT2D eigenvalue weighted by molar-refractivity contribution is -0.137. The first-order chi connectivity index (χ1) is 22.5. The number of amides is 1. The number of sulfone groups is 1. The summed E-state index contributed by atoms with van der Waals surface area (Å²) in [5.41, 5.74) is -5.95. The molecule has 0 unspecified atom stereocenters. The van der Waals surface area contributed by atoms with Crippen LogP contribution in [0.4, 0.5) is 27.8 Å². The van der Waals surface area contributed by atoms with Gasteiger partial charge in [-0.2, -0.15) is 23.4 Å². The quantitative estimate of drug-likeness (QED) is 0.214. The lowest BCUT2D eigenvalue weighted by Gasteiger charge is -2.45. The number of pyridine rings is 2. The fourth-order valence-corrected chi connectivity index (χ4v) is 6.71. The number of nitriles is 1. The molecule has 48 heavy (non-hydrogen) atoms. The van der Waals surface area contributed by atoms with E-state index in [4.69, 9.17) is 0 Å². The van der Waals surface area contributed by atoms with Gasteiger partial charge in [0.2, 0.25) is 5.91 Å². The molecular weight excluding hydrogens is 661 g/mol. The average Bonchev–Trinajstić information content (AvgIpc) is 3.00. The number of alkyl halides is 3. The zero-order chi connectivity index (χ0) is 35.3. The molecule has 5 rings (SSSR count). The standard InChI is InChI=1S/C31H26F5N7O4S/c1-5-24(44)42-14-16(2)41(15-18(42)9-11-37)28-19-13-22(33)26(25-20(31(34,35)36)7-6-8-21(25)32)39-29(19)43(30(45)40-28)27-17(3)38-12-10-23(27)48(4,46)47/h5-8,10,12-13,16,18H,1,9,14-15H2,2-4H3/t16-,18-/m0/s1. The number of fused-ring (bicyclic) bond motifs is 1. The van der Waals surface area contributed by atoms with Crippen molar-refractivity contribution in [3.63, 3.8) is 0 Å². The Hall–Kier alpha value is -5.24. The molecule has 0 N–H and O–H groups in total. The van der Waals surface area contributed by atoms with E-state index in [1.807, 2.05) is 6.07 Å². The van der Waals surface area contributed by atoms with Crippen LogP contribution in [0.15, 0.2) is 58.9 Å². The van der Waals surface area contributed by atoms with Crippen LogP contribution in [0.5, 0.6) is 0 Å². The molecule has 0 spiro atoms. The number of hydrogen-bond donors (Lipinski definition) is 0. The zero-order valence-corrected chi connectivity index (χ0v) is 26.4. The zero-order valence-electron chi connectivity index (χ0n) is 25.6. The first kappa shape index (κ1) is 34.1. The van der Waals surface area contributed by atoms with Gasteiger partial charge in [0.05, 0.1) is 51.3 Å². The van der Waals surface area contributed by atoms with Gasteiger partial charge in [0.15, 0.2) is 21.3 Å². The number of anilines is 1. The Balaban J connectivity index is 1.90. The fraction of sp³-hybridized carbons (Fsp3) is 0.290. The van der Waals surface area contributed by atoms with Gasteiger partial charge in [-0.3, -0.25) is 9.78 Å². The third kappa shape index (κ3) is 5.99. The van der Waals surface area contributed by atoms with E-state index in [1.54, 1.807) is 6.92 Å². The highest BCUT2D eigenvalue weighted by molar-refractivity contribution is 7.90. The van der Waals surface area contributed by atoms with E-state index in [1.165, 1.54) is 22.9 Å². The summed E-state index contributed by atoms with van der Waals surface area (Å²) in [6.45, 7) is 6.44. The van der Waals surface area contributed by atoms with Crippen molar-refractivity contribution in [1.29, 1.82) is 5.26 Å². The van der Waals surface area contributed by atoms with Gasteiger partial charge in [-0.1, -0.05) is 12.6 Å². The number of benzene rings is 1. The number of rotatable bonds is 6. The average molecular weight is 688 g/mol. The second-order valence-corrected chi connectivity index (χ2v) is 13.1. The number of hydrogen-bond acceptors (Lipinski definition) is 9. The SMILES string of the molecule is C=CC(=O)N1C[C@H](C)N(c2nc(=O)n(-c3c(S(C)(=O)=O)ccnc3C)c3nc(-c4c(F)cccc4C(F)(F)F)c(F)cc23)C[C@@H]1CC#N. The summed E-state index contributed by atoms with van der Waals surface area (Å²) in [4.78, 5) is 41.4. The van der Waals surface area contributed by atoms with Crippen molar-refractivity contribution in [2.24, 2.45) is 0 Å². The summed E-state index contributed by atoms with van der Waals surface area (Å²) in [6.07, 6.45) is -2.18. The van der Waals surface area contributed by atoms with Crippen LogP contribution < -0.4 is 10.6 Å². The number of nitrogens with zero attached hydrogens (tertiary/aromatic N) is 7. The molecule has 1 saturated heterocycles. The summed E-state index contributed by atoms with van der Waals surface area (Å²) >= 11 is 0. The molecule has 0 radical (unpaired) electrons. The van der Waals surface area contributed by atoms with Crippen molar-refractivity contribution < 1.29 is 35.2 Å². The molecule has 0 saturated carbocycles. The van der Waals surface area contributed by atoms with Gasteiger partial charge in [0, 0.05) is 31.6 Å². The van der Waals surface area contributed by atoms with Crippen molar-refractivity contribution in [2.75, 3.05) is 24.2 Å². The molecule has 1 fully saturated rings. The van der Waals surface area contributed by atoms with Crippen molar-refractivity contribution >= 4 is 32.6 Å². The maximum atomic E-state index is 16.0. The lowest BCUT2D eigenvalue weighted by atomic mass is 10.0. The van der Waals surface area contributed by atoms with Crippen molar-refractivity contribution in [3.8, 4) is 23.0 Å². The summed E-state index contributed by atoms with van der Waals surface area (Å²) in [7, 11) is -4.09. The predicted octanol–water partition coefficient (Wildman–Crippen LogP) is 4.36. The lowest BCUT2D eigenvalue weighted by Crippen LogP contribution is -2.59. The highest BCUT2D eigenvalue weighted by Crippen LogP contribution is 2.40. The topological polar surface area (TPSA) is 142 Å². The van der Waals surface area contributed by atoms with E-state index >= 15 is 8.78 Å². The molecule has 0 bridgehead atoms. The van der Waals surface area contributed by atoms with Crippen molar-refractivity contribution in [3.05, 3.63) is 82.6 Å². The molecule has 1 aliphatic heterocycles. The molecule has 4 aromatic rings. The number of aromatic nitrogens is 4. The summed E-state index contributed by atoms with van der Waals surface area (Å²) < 4.78 is 99.7. The van der Waals surface area contributed by atoms with Crippen molar-refractivity contribution in [2.45, 2.75) is 43.4 Å². The fourth-order valence-electron chi connectivity index (χ4n) is 5.81. The second kappa shape index (κ2) is 12.4. The highest BCUT2D eigenvalue weighted by atomic mass is 32.2. The second-order valence-electron chi connectivity index (χ2n) is 11.1.